The van der Waals surface area contributed by atoms with Crippen molar-refractivity contribution < 1.29 is 8.63 Å². The molecule has 0 spiro atoms. The Balaban J connectivity index is 2.55. The molecule has 0 saturated heterocycles. The summed E-state index contributed by atoms with van der Waals surface area (Å²) >= 11 is -2.37. The van der Waals surface area contributed by atoms with Gasteiger partial charge >= 0.3 is 93.1 Å². The average Bonchev–Trinajstić information content (AvgIpc) is 2.39. The Bertz CT molecular complexity index is 413. The third-order valence-electron chi connectivity index (χ3n) is 2.27. The molecule has 1 aliphatic rings. The summed E-state index contributed by atoms with van der Waals surface area (Å²) in [5.74, 6) is -0.0990. The van der Waals surface area contributed by atoms with E-state index in [2.05, 4.69) is 0 Å². The Morgan fingerprint density at radius 1 is 1.20 bits per heavy atom. The maximum absolute atomic E-state index is 12.2. The zero-order chi connectivity index (χ0) is 11.2. The predicted octanol–water partition coefficient (Wildman–Crippen LogP) is 1.07. The molecule has 1 aromatic rings. The second-order valence-electron chi connectivity index (χ2n) is 4.52. The Labute approximate surface area is 93.4 Å². The molecule has 0 saturated carbocycles. The van der Waals surface area contributed by atoms with Crippen molar-refractivity contribution in [2.75, 3.05) is 0 Å². The first-order valence-electron chi connectivity index (χ1n) is 4.78. The monoisotopic (exact) mass is 271 g/mol. The third-order valence-corrected chi connectivity index (χ3v) is 5.99. The molecule has 3 nitrogen and oxygen atoms in total. The molecular weight excluding hydrogens is 257 g/mol. The first-order valence-corrected chi connectivity index (χ1v) is 7.10. The zero-order valence-electron chi connectivity index (χ0n) is 8.98. The molecule has 0 aliphatic carbocycles. The van der Waals surface area contributed by atoms with Crippen molar-refractivity contribution in [3.63, 3.8) is 0 Å². The summed E-state index contributed by atoms with van der Waals surface area (Å²) in [6.45, 7) is 5.72. The van der Waals surface area contributed by atoms with E-state index in [1.165, 1.54) is 3.92 Å². The summed E-state index contributed by atoms with van der Waals surface area (Å²) in [7, 11) is 0. The van der Waals surface area contributed by atoms with Gasteiger partial charge in [-0.15, -0.1) is 0 Å². The second kappa shape index (κ2) is 3.25. The molecular formula is C11H13NO2Se. The van der Waals surface area contributed by atoms with Crippen LogP contribution in [-0.2, 0) is 3.83 Å². The van der Waals surface area contributed by atoms with E-state index < -0.39 is 14.1 Å². The fourth-order valence-electron chi connectivity index (χ4n) is 1.63. The molecule has 2 rings (SSSR count). The molecule has 0 aromatic heterocycles. The van der Waals surface area contributed by atoms with Crippen LogP contribution < -0.4 is 4.46 Å². The minimum absolute atomic E-state index is 0.0990. The average molecular weight is 270 g/mol. The Morgan fingerprint density at radius 3 is 2.33 bits per heavy atom. The van der Waals surface area contributed by atoms with Crippen molar-refractivity contribution in [2.45, 2.75) is 26.3 Å². The van der Waals surface area contributed by atoms with E-state index >= 15 is 0 Å². The van der Waals surface area contributed by atoms with Gasteiger partial charge in [0.25, 0.3) is 0 Å². The van der Waals surface area contributed by atoms with E-state index in [0.717, 1.165) is 4.46 Å². The summed E-state index contributed by atoms with van der Waals surface area (Å²) in [5, 5.41) is 0. The van der Waals surface area contributed by atoms with Crippen LogP contribution in [0.2, 0.25) is 0 Å². The SMILES string of the molecule is CC(C)(C)N1C(=O)c2ccccc2[Se]1=O. The number of carbonyl (C=O) groups excluding carboxylic acids is 1. The van der Waals surface area contributed by atoms with Crippen LogP contribution in [-0.4, -0.2) is 29.4 Å². The molecule has 0 N–H and O–H groups in total. The van der Waals surface area contributed by atoms with E-state index in [-0.39, 0.29) is 11.4 Å². The summed E-state index contributed by atoms with van der Waals surface area (Å²) in [6, 6.07) is 7.17. The van der Waals surface area contributed by atoms with Crippen molar-refractivity contribution >= 4 is 24.4 Å². The molecule has 80 valence electrons. The number of nitrogens with zero attached hydrogens (tertiary/aromatic N) is 1. The number of hydrogen-bond donors (Lipinski definition) is 0. The number of hydrogen-bond acceptors (Lipinski definition) is 2. The van der Waals surface area contributed by atoms with Crippen molar-refractivity contribution in [2.24, 2.45) is 0 Å². The van der Waals surface area contributed by atoms with Crippen LogP contribution in [0.1, 0.15) is 31.1 Å². The van der Waals surface area contributed by atoms with E-state index in [4.69, 9.17) is 0 Å². The third kappa shape index (κ3) is 1.54. The van der Waals surface area contributed by atoms with Gasteiger partial charge in [-0.05, 0) is 0 Å². The van der Waals surface area contributed by atoms with Gasteiger partial charge in [0.05, 0.1) is 0 Å². The van der Waals surface area contributed by atoms with Crippen LogP contribution in [0.25, 0.3) is 0 Å². The molecule has 1 heterocycles. The molecule has 0 radical (unpaired) electrons. The van der Waals surface area contributed by atoms with Gasteiger partial charge in [-0.1, -0.05) is 0 Å². The van der Waals surface area contributed by atoms with Gasteiger partial charge < -0.3 is 0 Å². The van der Waals surface area contributed by atoms with Gasteiger partial charge in [0.15, 0.2) is 0 Å². The quantitative estimate of drug-likeness (QED) is 0.661. The Hall–Kier alpha value is -0.991. The first kappa shape index (κ1) is 10.5. The van der Waals surface area contributed by atoms with Gasteiger partial charge in [-0.25, -0.2) is 0 Å². The molecule has 1 aromatic carbocycles. The van der Waals surface area contributed by atoms with Crippen LogP contribution >= 0.6 is 0 Å². The number of benzene rings is 1. The standard InChI is InChI=1S/C11H13NO2Se/c1-11(2,3)12-10(13)8-6-4-5-7-9(8)15(12)14/h4-7H,1-3H3. The van der Waals surface area contributed by atoms with Gasteiger partial charge in [-0.3, -0.25) is 0 Å². The number of amides is 1. The van der Waals surface area contributed by atoms with Gasteiger partial charge in [-0.2, -0.15) is 0 Å². The summed E-state index contributed by atoms with van der Waals surface area (Å²) in [5.41, 5.74) is 0.232. The summed E-state index contributed by atoms with van der Waals surface area (Å²) in [6.07, 6.45) is 0. The normalized spacial score (nSPS) is 20.6. The van der Waals surface area contributed by atoms with E-state index in [1.807, 2.05) is 32.9 Å². The molecule has 4 heteroatoms. The molecule has 1 unspecified atom stereocenters. The Morgan fingerprint density at radius 2 is 1.80 bits per heavy atom. The fourth-order valence-corrected chi connectivity index (χ4v) is 4.74. The van der Waals surface area contributed by atoms with Crippen LogP contribution in [0.15, 0.2) is 24.3 Å². The topological polar surface area (TPSA) is 37.4 Å². The van der Waals surface area contributed by atoms with Crippen LogP contribution in [0.3, 0.4) is 0 Å². The van der Waals surface area contributed by atoms with Crippen molar-refractivity contribution in [3.05, 3.63) is 29.8 Å². The van der Waals surface area contributed by atoms with Gasteiger partial charge in [0, 0.05) is 0 Å². The fraction of sp³-hybridized carbons (Fsp3) is 0.364. The summed E-state index contributed by atoms with van der Waals surface area (Å²) in [4.78, 5) is 12.0. The van der Waals surface area contributed by atoms with E-state index in [0.29, 0.717) is 5.56 Å². The zero-order valence-corrected chi connectivity index (χ0v) is 10.7. The van der Waals surface area contributed by atoms with Crippen LogP contribution in [0, 0.1) is 0 Å². The second-order valence-corrected chi connectivity index (χ2v) is 7.25. The number of carbonyl (C=O) groups is 1. The summed E-state index contributed by atoms with van der Waals surface area (Å²) < 4.78 is 14.4. The molecule has 15 heavy (non-hydrogen) atoms. The van der Waals surface area contributed by atoms with Crippen molar-refractivity contribution in [1.82, 2.24) is 3.92 Å². The molecule has 1 aliphatic heterocycles. The molecule has 0 bridgehead atoms. The number of rotatable bonds is 0. The predicted molar refractivity (Wildman–Crippen MR) is 58.4 cm³/mol. The first-order chi connectivity index (χ1) is 6.93. The number of fused-ring (bicyclic) bond motifs is 1. The van der Waals surface area contributed by atoms with E-state index in [9.17, 15) is 8.63 Å². The van der Waals surface area contributed by atoms with E-state index in [1.54, 1.807) is 12.1 Å². The molecule has 1 amide bonds. The minimum atomic E-state index is -2.37. The molecule has 0 fully saturated rings. The van der Waals surface area contributed by atoms with Gasteiger partial charge in [0.2, 0.25) is 0 Å². The molecule has 1 atom stereocenters. The van der Waals surface area contributed by atoms with Crippen molar-refractivity contribution in [3.8, 4) is 0 Å². The maximum atomic E-state index is 12.2. The Kier molecular flexibility index (Phi) is 2.28. The van der Waals surface area contributed by atoms with Crippen LogP contribution in [0.5, 0.6) is 0 Å². The van der Waals surface area contributed by atoms with Crippen LogP contribution in [0.4, 0.5) is 0 Å². The van der Waals surface area contributed by atoms with Gasteiger partial charge in [0.1, 0.15) is 0 Å². The van der Waals surface area contributed by atoms with Crippen molar-refractivity contribution in [1.29, 1.82) is 0 Å².